The van der Waals surface area contributed by atoms with Crippen molar-refractivity contribution in [1.29, 1.82) is 0 Å². The molecule has 3 nitrogen and oxygen atoms in total. The van der Waals surface area contributed by atoms with Crippen molar-refractivity contribution >= 4 is 5.69 Å². The van der Waals surface area contributed by atoms with E-state index in [4.69, 9.17) is 11.6 Å². The topological polar surface area (TPSA) is 64.1 Å². The molecule has 0 saturated carbocycles. The first-order chi connectivity index (χ1) is 7.24. The molecule has 1 aromatic carbocycles. The highest BCUT2D eigenvalue weighted by molar-refractivity contribution is 5.48. The summed E-state index contributed by atoms with van der Waals surface area (Å²) in [5.74, 6) is 6.15. The molecule has 1 rings (SSSR count). The van der Waals surface area contributed by atoms with Crippen LogP contribution in [-0.4, -0.2) is 0 Å². The highest BCUT2D eigenvalue weighted by Gasteiger charge is 2.20. The monoisotopic (exact) mass is 207 g/mol. The van der Waals surface area contributed by atoms with Gasteiger partial charge in [-0.15, -0.1) is 0 Å². The number of benzene rings is 1. The van der Waals surface area contributed by atoms with E-state index >= 15 is 0 Å². The van der Waals surface area contributed by atoms with Crippen molar-refractivity contribution in [2.45, 2.75) is 32.7 Å². The third-order valence-corrected chi connectivity index (χ3v) is 3.03. The Labute approximate surface area is 91.8 Å². The SMILES string of the molecule is CCC(CC)C(NN)c1ccccc1N. The summed E-state index contributed by atoms with van der Waals surface area (Å²) in [4.78, 5) is 0. The zero-order valence-corrected chi connectivity index (χ0v) is 9.53. The summed E-state index contributed by atoms with van der Waals surface area (Å²) < 4.78 is 0. The van der Waals surface area contributed by atoms with Crippen molar-refractivity contribution in [3.8, 4) is 0 Å². The number of rotatable bonds is 5. The minimum Gasteiger partial charge on any atom is -0.398 e. The minimum absolute atomic E-state index is 0.154. The Hall–Kier alpha value is -1.06. The van der Waals surface area contributed by atoms with Gasteiger partial charge in [0.1, 0.15) is 0 Å². The Morgan fingerprint density at radius 2 is 1.80 bits per heavy atom. The quantitative estimate of drug-likeness (QED) is 0.394. The number of anilines is 1. The van der Waals surface area contributed by atoms with E-state index in [1.54, 1.807) is 0 Å². The number of nitrogens with one attached hydrogen (secondary N) is 1. The first kappa shape index (κ1) is 12.0. The van der Waals surface area contributed by atoms with Crippen molar-refractivity contribution in [2.75, 3.05) is 5.73 Å². The molecule has 15 heavy (non-hydrogen) atoms. The number of nitrogens with two attached hydrogens (primary N) is 2. The van der Waals surface area contributed by atoms with Crippen LogP contribution in [0.15, 0.2) is 24.3 Å². The van der Waals surface area contributed by atoms with Gasteiger partial charge in [-0.2, -0.15) is 0 Å². The van der Waals surface area contributed by atoms with Crippen molar-refractivity contribution in [3.63, 3.8) is 0 Å². The van der Waals surface area contributed by atoms with Gasteiger partial charge in [-0.25, -0.2) is 0 Å². The maximum Gasteiger partial charge on any atom is 0.0508 e. The molecule has 0 bridgehead atoms. The van der Waals surface area contributed by atoms with Crippen LogP contribution in [0.25, 0.3) is 0 Å². The van der Waals surface area contributed by atoms with Crippen LogP contribution < -0.4 is 17.0 Å². The van der Waals surface area contributed by atoms with Gasteiger partial charge in [0, 0.05) is 5.69 Å². The molecular weight excluding hydrogens is 186 g/mol. The minimum atomic E-state index is 0.154. The van der Waals surface area contributed by atoms with Gasteiger partial charge in [-0.3, -0.25) is 11.3 Å². The number of para-hydroxylation sites is 1. The number of hydrazine groups is 1. The van der Waals surface area contributed by atoms with Crippen molar-refractivity contribution < 1.29 is 0 Å². The molecule has 0 radical (unpaired) electrons. The van der Waals surface area contributed by atoms with E-state index in [1.165, 1.54) is 0 Å². The largest absolute Gasteiger partial charge is 0.398 e. The van der Waals surface area contributed by atoms with Crippen LogP contribution in [0.2, 0.25) is 0 Å². The van der Waals surface area contributed by atoms with E-state index in [9.17, 15) is 0 Å². The molecule has 3 heteroatoms. The summed E-state index contributed by atoms with van der Waals surface area (Å²) in [6.07, 6.45) is 2.19. The lowest BCUT2D eigenvalue weighted by Crippen LogP contribution is -2.33. The van der Waals surface area contributed by atoms with E-state index in [0.717, 1.165) is 24.1 Å². The fourth-order valence-corrected chi connectivity index (χ4v) is 2.03. The Balaban J connectivity index is 2.96. The van der Waals surface area contributed by atoms with Gasteiger partial charge in [0.2, 0.25) is 0 Å². The molecule has 0 aliphatic carbocycles. The zero-order valence-electron chi connectivity index (χ0n) is 9.53. The predicted octanol–water partition coefficient (Wildman–Crippen LogP) is 2.21. The molecule has 0 heterocycles. The number of hydrogen-bond donors (Lipinski definition) is 3. The maximum atomic E-state index is 5.95. The second kappa shape index (κ2) is 5.73. The van der Waals surface area contributed by atoms with Crippen LogP contribution in [-0.2, 0) is 0 Å². The fourth-order valence-electron chi connectivity index (χ4n) is 2.03. The summed E-state index contributed by atoms with van der Waals surface area (Å²) in [5, 5.41) is 0. The Bertz CT molecular complexity index is 295. The van der Waals surface area contributed by atoms with Crippen LogP contribution in [0.5, 0.6) is 0 Å². The molecular formula is C12H21N3. The van der Waals surface area contributed by atoms with E-state index in [2.05, 4.69) is 19.3 Å². The third kappa shape index (κ3) is 2.70. The lowest BCUT2D eigenvalue weighted by Gasteiger charge is -2.26. The zero-order chi connectivity index (χ0) is 11.3. The van der Waals surface area contributed by atoms with Crippen molar-refractivity contribution in [2.24, 2.45) is 11.8 Å². The molecule has 0 aliphatic heterocycles. The molecule has 1 unspecified atom stereocenters. The van der Waals surface area contributed by atoms with Gasteiger partial charge >= 0.3 is 0 Å². The summed E-state index contributed by atoms with van der Waals surface area (Å²) in [7, 11) is 0. The van der Waals surface area contributed by atoms with Crippen LogP contribution in [0.3, 0.4) is 0 Å². The number of nitrogen functional groups attached to an aromatic ring is 1. The van der Waals surface area contributed by atoms with Gasteiger partial charge in [0.15, 0.2) is 0 Å². The molecule has 0 fully saturated rings. The third-order valence-electron chi connectivity index (χ3n) is 3.03. The normalized spacial score (nSPS) is 13.1. The van der Waals surface area contributed by atoms with E-state index in [-0.39, 0.29) is 6.04 Å². The first-order valence-corrected chi connectivity index (χ1v) is 5.55. The highest BCUT2D eigenvalue weighted by Crippen LogP contribution is 2.29. The summed E-state index contributed by atoms with van der Waals surface area (Å²) in [6, 6.07) is 8.05. The van der Waals surface area contributed by atoms with Crippen LogP contribution >= 0.6 is 0 Å². The van der Waals surface area contributed by atoms with E-state index in [1.807, 2.05) is 24.3 Å². The lowest BCUT2D eigenvalue weighted by atomic mass is 9.88. The predicted molar refractivity (Wildman–Crippen MR) is 65.0 cm³/mol. The Kier molecular flexibility index (Phi) is 4.59. The van der Waals surface area contributed by atoms with Gasteiger partial charge < -0.3 is 5.73 Å². The van der Waals surface area contributed by atoms with Crippen LogP contribution in [0.1, 0.15) is 38.3 Å². The van der Waals surface area contributed by atoms with Gasteiger partial charge in [0.25, 0.3) is 0 Å². The van der Waals surface area contributed by atoms with Gasteiger partial charge in [-0.05, 0) is 17.5 Å². The summed E-state index contributed by atoms with van der Waals surface area (Å²) in [6.45, 7) is 4.36. The molecule has 0 aromatic heterocycles. The van der Waals surface area contributed by atoms with E-state index in [0.29, 0.717) is 5.92 Å². The molecule has 0 saturated heterocycles. The van der Waals surface area contributed by atoms with Crippen LogP contribution in [0.4, 0.5) is 5.69 Å². The summed E-state index contributed by atoms with van der Waals surface area (Å²) >= 11 is 0. The Morgan fingerprint density at radius 1 is 1.20 bits per heavy atom. The molecule has 84 valence electrons. The van der Waals surface area contributed by atoms with Crippen molar-refractivity contribution in [1.82, 2.24) is 5.43 Å². The molecule has 0 aliphatic rings. The molecule has 1 aromatic rings. The average Bonchev–Trinajstić information content (AvgIpc) is 2.27. The molecule has 0 spiro atoms. The van der Waals surface area contributed by atoms with E-state index < -0.39 is 0 Å². The molecule has 0 amide bonds. The Morgan fingerprint density at radius 3 is 2.27 bits per heavy atom. The lowest BCUT2D eigenvalue weighted by molar-refractivity contribution is 0.346. The standard InChI is InChI=1S/C12H21N3/c1-3-9(4-2)12(15-14)10-7-5-6-8-11(10)13/h5-9,12,15H,3-4,13-14H2,1-2H3. The average molecular weight is 207 g/mol. The molecule has 1 atom stereocenters. The van der Waals surface area contributed by atoms with Crippen molar-refractivity contribution in [3.05, 3.63) is 29.8 Å². The maximum absolute atomic E-state index is 5.95. The smallest absolute Gasteiger partial charge is 0.0508 e. The second-order valence-corrected chi connectivity index (χ2v) is 3.85. The molecule has 5 N–H and O–H groups in total. The number of hydrogen-bond acceptors (Lipinski definition) is 3. The second-order valence-electron chi connectivity index (χ2n) is 3.85. The van der Waals surface area contributed by atoms with Crippen LogP contribution in [0, 0.1) is 5.92 Å². The highest BCUT2D eigenvalue weighted by atomic mass is 15.2. The summed E-state index contributed by atoms with van der Waals surface area (Å²) in [5.41, 5.74) is 10.7. The van der Waals surface area contributed by atoms with Gasteiger partial charge in [0.05, 0.1) is 6.04 Å². The fraction of sp³-hybridized carbons (Fsp3) is 0.500. The first-order valence-electron chi connectivity index (χ1n) is 5.55. The van der Waals surface area contributed by atoms with Gasteiger partial charge in [-0.1, -0.05) is 44.9 Å².